The van der Waals surface area contributed by atoms with E-state index in [1.54, 1.807) is 0 Å². The molecule has 1 aromatic heterocycles. The van der Waals surface area contributed by atoms with Gasteiger partial charge in [0.1, 0.15) is 16.9 Å². The van der Waals surface area contributed by atoms with Gasteiger partial charge in [-0.3, -0.25) is 4.79 Å². The van der Waals surface area contributed by atoms with Crippen LogP contribution in [0.3, 0.4) is 0 Å². The van der Waals surface area contributed by atoms with Crippen LogP contribution in [0.5, 0.6) is 0 Å². The van der Waals surface area contributed by atoms with Crippen LogP contribution in [0.2, 0.25) is 5.02 Å². The second-order valence-electron chi connectivity index (χ2n) is 8.94. The molecule has 0 bridgehead atoms. The summed E-state index contributed by atoms with van der Waals surface area (Å²) in [6.45, 7) is 1.29. The number of hydrogen-bond donors (Lipinski definition) is 5. The van der Waals surface area contributed by atoms with Crippen LogP contribution in [0.4, 0.5) is 31.9 Å². The Hall–Kier alpha value is -2.83. The van der Waals surface area contributed by atoms with Crippen LogP contribution >= 0.6 is 23.8 Å². The molecule has 1 aliphatic heterocycles. The number of aromatic nitrogens is 2. The number of benzene rings is 1. The first-order valence-corrected chi connectivity index (χ1v) is 12.6. The summed E-state index contributed by atoms with van der Waals surface area (Å²) in [5, 5.41) is 11.7. The minimum atomic E-state index is -0.984. The van der Waals surface area contributed by atoms with Crippen molar-refractivity contribution in [2.45, 2.75) is 56.5 Å². The average molecular weight is 540 g/mol. The molecule has 1 aromatic carbocycles. The summed E-state index contributed by atoms with van der Waals surface area (Å²) < 4.78 is 33.9. The normalized spacial score (nSPS) is 17.8. The lowest BCUT2D eigenvalue weighted by Gasteiger charge is -2.36. The number of rotatable bonds is 7. The van der Waals surface area contributed by atoms with Crippen LogP contribution in [-0.4, -0.2) is 45.8 Å². The molecule has 1 saturated carbocycles. The van der Waals surface area contributed by atoms with Gasteiger partial charge in [0.2, 0.25) is 11.9 Å². The van der Waals surface area contributed by atoms with Crippen molar-refractivity contribution >= 4 is 58.0 Å². The lowest BCUT2D eigenvalue weighted by Crippen LogP contribution is -2.52. The Balaban J connectivity index is 1.59. The van der Waals surface area contributed by atoms with Crippen molar-refractivity contribution < 1.29 is 18.3 Å². The van der Waals surface area contributed by atoms with E-state index in [1.807, 2.05) is 0 Å². The fraction of sp³-hybridized carbons (Fsp3) is 0.478. The predicted octanol–water partition coefficient (Wildman–Crippen LogP) is 4.41. The number of anilines is 4. The maximum absolute atomic E-state index is 14.2. The molecule has 1 amide bonds. The largest absolute Gasteiger partial charge is 0.381 e. The Labute approximate surface area is 217 Å². The molecule has 2 aliphatic rings. The molecule has 9 nitrogen and oxygen atoms in total. The Morgan fingerprint density at radius 2 is 1.81 bits per heavy atom. The fourth-order valence-electron chi connectivity index (χ4n) is 4.41. The Bertz CT molecular complexity index is 1100. The van der Waals surface area contributed by atoms with Gasteiger partial charge in [0.05, 0.1) is 6.20 Å². The monoisotopic (exact) mass is 539 g/mol. The van der Waals surface area contributed by atoms with E-state index in [1.165, 1.54) is 6.20 Å². The average Bonchev–Trinajstić information content (AvgIpc) is 2.84. The number of hydrogen-bond acceptors (Lipinski definition) is 7. The Kier molecular flexibility index (Phi) is 8.37. The summed E-state index contributed by atoms with van der Waals surface area (Å²) >= 11 is 11.0. The maximum atomic E-state index is 14.2. The quantitative estimate of drug-likeness (QED) is 0.325. The van der Waals surface area contributed by atoms with Crippen molar-refractivity contribution in [3.63, 3.8) is 0 Å². The molecule has 4 rings (SSSR count). The zero-order valence-corrected chi connectivity index (χ0v) is 21.1. The molecule has 0 atom stereocenters. The molecular weight excluding hydrogens is 512 g/mol. The van der Waals surface area contributed by atoms with E-state index in [2.05, 4.69) is 31.2 Å². The SMILES string of the molecule is NC(=O)C1(Nc2nc(NC3CCOCC3)ncc2NC(=S)Nc2c(F)cc(Cl)cc2F)CCCCC1. The zero-order chi connectivity index (χ0) is 25.7. The Morgan fingerprint density at radius 1 is 1.14 bits per heavy atom. The summed E-state index contributed by atoms with van der Waals surface area (Å²) in [6.07, 6.45) is 6.90. The maximum Gasteiger partial charge on any atom is 0.243 e. The predicted molar refractivity (Wildman–Crippen MR) is 139 cm³/mol. The lowest BCUT2D eigenvalue weighted by molar-refractivity contribution is -0.123. The first-order chi connectivity index (χ1) is 17.3. The summed E-state index contributed by atoms with van der Waals surface area (Å²) in [5.74, 6) is -1.62. The molecule has 0 spiro atoms. The van der Waals surface area contributed by atoms with E-state index in [0.29, 0.717) is 43.5 Å². The summed E-state index contributed by atoms with van der Waals surface area (Å²) in [4.78, 5) is 21.5. The van der Waals surface area contributed by atoms with Crippen LogP contribution in [0.25, 0.3) is 0 Å². The first kappa shape index (κ1) is 26.2. The first-order valence-electron chi connectivity index (χ1n) is 11.8. The molecule has 2 aromatic rings. The third kappa shape index (κ3) is 6.29. The van der Waals surface area contributed by atoms with Crippen molar-refractivity contribution in [1.29, 1.82) is 0 Å². The van der Waals surface area contributed by atoms with E-state index in [4.69, 9.17) is 34.3 Å². The van der Waals surface area contributed by atoms with Gasteiger partial charge in [0.25, 0.3) is 0 Å². The number of amides is 1. The highest BCUT2D eigenvalue weighted by Gasteiger charge is 2.39. The summed E-state index contributed by atoms with van der Waals surface area (Å²) in [5.41, 5.74) is 4.68. The van der Waals surface area contributed by atoms with Gasteiger partial charge < -0.3 is 31.7 Å². The third-order valence-electron chi connectivity index (χ3n) is 6.37. The lowest BCUT2D eigenvalue weighted by atomic mass is 9.81. The molecule has 2 fully saturated rings. The van der Waals surface area contributed by atoms with E-state index >= 15 is 0 Å². The molecule has 194 valence electrons. The number of ether oxygens (including phenoxy) is 1. The number of nitrogens with two attached hydrogens (primary N) is 1. The number of thiocarbonyl (C=S) groups is 1. The minimum Gasteiger partial charge on any atom is -0.381 e. The van der Waals surface area contributed by atoms with E-state index in [-0.39, 0.29) is 16.2 Å². The second kappa shape index (κ2) is 11.5. The number of carbonyl (C=O) groups excluding carboxylic acids is 1. The number of halogens is 3. The van der Waals surface area contributed by atoms with Gasteiger partial charge in [0.15, 0.2) is 22.6 Å². The topological polar surface area (TPSA) is 126 Å². The standard InChI is InChI=1S/C23H28ClF2N7O2S/c24-13-10-15(25)18(16(26)11-13)31-22(36)30-17-12-28-21(29-14-4-8-35-9-5-14)32-19(17)33-23(20(27)34)6-2-1-3-7-23/h10-12,14H,1-9H2,(H2,27,34)(H2,30,31,36)(H2,28,29,32,33). The van der Waals surface area contributed by atoms with Crippen molar-refractivity contribution in [3.8, 4) is 0 Å². The van der Waals surface area contributed by atoms with Gasteiger partial charge in [0, 0.05) is 24.3 Å². The van der Waals surface area contributed by atoms with Crippen molar-refractivity contribution in [2.24, 2.45) is 5.73 Å². The molecule has 1 aliphatic carbocycles. The van der Waals surface area contributed by atoms with Gasteiger partial charge in [-0.15, -0.1) is 0 Å². The Morgan fingerprint density at radius 3 is 2.44 bits per heavy atom. The molecular formula is C23H28ClF2N7O2S. The molecule has 0 unspecified atom stereocenters. The highest BCUT2D eigenvalue weighted by Crippen LogP contribution is 2.34. The molecule has 6 N–H and O–H groups in total. The van der Waals surface area contributed by atoms with Gasteiger partial charge in [-0.05, 0) is 50.0 Å². The van der Waals surface area contributed by atoms with Crippen LogP contribution in [0.15, 0.2) is 18.3 Å². The molecule has 2 heterocycles. The fourth-order valence-corrected chi connectivity index (χ4v) is 4.81. The summed E-state index contributed by atoms with van der Waals surface area (Å²) in [7, 11) is 0. The van der Waals surface area contributed by atoms with Gasteiger partial charge in [-0.2, -0.15) is 4.98 Å². The van der Waals surface area contributed by atoms with Crippen LogP contribution < -0.4 is 27.0 Å². The van der Waals surface area contributed by atoms with Crippen LogP contribution in [0, 0.1) is 11.6 Å². The van der Waals surface area contributed by atoms with E-state index in [9.17, 15) is 13.6 Å². The summed E-state index contributed by atoms with van der Waals surface area (Å²) in [6, 6.07) is 2.09. The van der Waals surface area contributed by atoms with E-state index in [0.717, 1.165) is 44.2 Å². The van der Waals surface area contributed by atoms with E-state index < -0.39 is 28.8 Å². The molecule has 0 radical (unpaired) electrons. The van der Waals surface area contributed by atoms with Crippen molar-refractivity contribution in [3.05, 3.63) is 35.0 Å². The number of nitrogens with one attached hydrogen (secondary N) is 4. The van der Waals surface area contributed by atoms with Gasteiger partial charge in [-0.1, -0.05) is 30.9 Å². The zero-order valence-electron chi connectivity index (χ0n) is 19.5. The molecule has 36 heavy (non-hydrogen) atoms. The highest BCUT2D eigenvalue weighted by molar-refractivity contribution is 7.80. The van der Waals surface area contributed by atoms with Gasteiger partial charge in [-0.25, -0.2) is 13.8 Å². The van der Waals surface area contributed by atoms with Crippen molar-refractivity contribution in [2.75, 3.05) is 34.5 Å². The number of primary amides is 1. The molecule has 1 saturated heterocycles. The minimum absolute atomic E-state index is 0.0776. The number of carbonyl (C=O) groups is 1. The highest BCUT2D eigenvalue weighted by atomic mass is 35.5. The second-order valence-corrected chi connectivity index (χ2v) is 9.79. The van der Waals surface area contributed by atoms with Crippen LogP contribution in [0.1, 0.15) is 44.9 Å². The van der Waals surface area contributed by atoms with Crippen molar-refractivity contribution in [1.82, 2.24) is 9.97 Å². The number of nitrogens with zero attached hydrogens (tertiary/aromatic N) is 2. The smallest absolute Gasteiger partial charge is 0.243 e. The van der Waals surface area contributed by atoms with Gasteiger partial charge >= 0.3 is 0 Å². The third-order valence-corrected chi connectivity index (χ3v) is 6.80. The molecule has 13 heteroatoms. The van der Waals surface area contributed by atoms with Crippen LogP contribution in [-0.2, 0) is 9.53 Å².